The third-order valence-electron chi connectivity index (χ3n) is 2.67. The molecule has 0 amide bonds. The SMILES string of the molecule is O=C(O)C1(Oc2ccc(Cl)cc2Cl)C(Cl)(Cl)C1(Cl)Cl. The van der Waals surface area contributed by atoms with E-state index in [9.17, 15) is 9.90 Å². The number of alkyl halides is 4. The van der Waals surface area contributed by atoms with Gasteiger partial charge in [-0.1, -0.05) is 69.6 Å². The molecule has 0 aliphatic heterocycles. The Balaban J connectivity index is 2.43. The molecule has 19 heavy (non-hydrogen) atoms. The van der Waals surface area contributed by atoms with Crippen LogP contribution in [0.25, 0.3) is 0 Å². The molecule has 1 fully saturated rings. The predicted molar refractivity (Wildman–Crippen MR) is 76.3 cm³/mol. The summed E-state index contributed by atoms with van der Waals surface area (Å²) in [5.41, 5.74) is -2.22. The lowest BCUT2D eigenvalue weighted by Crippen LogP contribution is -2.37. The summed E-state index contributed by atoms with van der Waals surface area (Å²) in [7, 11) is 0. The highest BCUT2D eigenvalue weighted by Gasteiger charge is 2.95. The van der Waals surface area contributed by atoms with Crippen LogP contribution in [-0.2, 0) is 4.79 Å². The molecular weight excluding hydrogens is 381 g/mol. The Labute approximate surface area is 138 Å². The second kappa shape index (κ2) is 4.62. The Kier molecular flexibility index (Phi) is 3.80. The molecule has 104 valence electrons. The van der Waals surface area contributed by atoms with E-state index in [1.165, 1.54) is 18.2 Å². The van der Waals surface area contributed by atoms with Crippen molar-refractivity contribution in [2.24, 2.45) is 0 Å². The Morgan fingerprint density at radius 1 is 1.11 bits per heavy atom. The van der Waals surface area contributed by atoms with Crippen molar-refractivity contribution in [1.29, 1.82) is 0 Å². The van der Waals surface area contributed by atoms with E-state index in [1.807, 2.05) is 0 Å². The number of aliphatic carboxylic acids is 1. The summed E-state index contributed by atoms with van der Waals surface area (Å²) in [4.78, 5) is 11.4. The zero-order valence-electron chi connectivity index (χ0n) is 8.76. The van der Waals surface area contributed by atoms with Crippen LogP contribution in [0.4, 0.5) is 0 Å². The van der Waals surface area contributed by atoms with Crippen LogP contribution in [0.3, 0.4) is 0 Å². The highest BCUT2D eigenvalue weighted by atomic mass is 35.5. The molecule has 0 spiro atoms. The number of rotatable bonds is 3. The molecular formula is C10H4Cl6O3. The molecule has 0 aromatic heterocycles. The van der Waals surface area contributed by atoms with Gasteiger partial charge in [-0.2, -0.15) is 0 Å². The van der Waals surface area contributed by atoms with E-state index >= 15 is 0 Å². The molecule has 1 N–H and O–H groups in total. The van der Waals surface area contributed by atoms with Crippen molar-refractivity contribution in [2.75, 3.05) is 0 Å². The van der Waals surface area contributed by atoms with Gasteiger partial charge in [0.2, 0.25) is 8.67 Å². The summed E-state index contributed by atoms with van der Waals surface area (Å²) in [6.45, 7) is 0. The van der Waals surface area contributed by atoms with E-state index in [4.69, 9.17) is 74.3 Å². The summed E-state index contributed by atoms with van der Waals surface area (Å²) in [6.07, 6.45) is 0. The number of carbonyl (C=O) groups is 1. The summed E-state index contributed by atoms with van der Waals surface area (Å²) < 4.78 is 1.24. The van der Waals surface area contributed by atoms with Crippen LogP contribution in [0.15, 0.2) is 18.2 Å². The van der Waals surface area contributed by atoms with Gasteiger partial charge in [0.05, 0.1) is 5.02 Å². The fourth-order valence-electron chi connectivity index (χ4n) is 1.56. The maximum atomic E-state index is 11.4. The minimum atomic E-state index is -2.22. The van der Waals surface area contributed by atoms with Gasteiger partial charge in [0.25, 0.3) is 5.60 Å². The predicted octanol–water partition coefficient (Wildman–Crippen LogP) is 4.56. The smallest absolute Gasteiger partial charge is 0.354 e. The Morgan fingerprint density at radius 2 is 1.63 bits per heavy atom. The van der Waals surface area contributed by atoms with E-state index in [-0.39, 0.29) is 10.8 Å². The first-order valence-electron chi connectivity index (χ1n) is 4.71. The van der Waals surface area contributed by atoms with Crippen molar-refractivity contribution in [2.45, 2.75) is 14.3 Å². The maximum absolute atomic E-state index is 11.4. The summed E-state index contributed by atoms with van der Waals surface area (Å²) in [5, 5.41) is 9.68. The molecule has 0 heterocycles. The largest absolute Gasteiger partial charge is 0.478 e. The first-order chi connectivity index (χ1) is 8.58. The van der Waals surface area contributed by atoms with Gasteiger partial charge >= 0.3 is 5.97 Å². The van der Waals surface area contributed by atoms with Gasteiger partial charge in [0.1, 0.15) is 5.75 Å². The van der Waals surface area contributed by atoms with E-state index in [0.717, 1.165) is 0 Å². The van der Waals surface area contributed by atoms with Crippen LogP contribution in [0.2, 0.25) is 10.0 Å². The third kappa shape index (κ3) is 1.98. The number of hydrogen-bond acceptors (Lipinski definition) is 2. The molecule has 9 heteroatoms. The van der Waals surface area contributed by atoms with Gasteiger partial charge in [-0.3, -0.25) is 0 Å². The first-order valence-corrected chi connectivity index (χ1v) is 6.98. The number of benzene rings is 1. The van der Waals surface area contributed by atoms with Gasteiger partial charge in [-0.05, 0) is 18.2 Å². The van der Waals surface area contributed by atoms with Gasteiger partial charge < -0.3 is 9.84 Å². The Hall–Kier alpha value is 0.230. The lowest BCUT2D eigenvalue weighted by molar-refractivity contribution is -0.147. The summed E-state index contributed by atoms with van der Waals surface area (Å²) >= 11 is 34.8. The molecule has 3 nitrogen and oxygen atoms in total. The van der Waals surface area contributed by atoms with Crippen molar-refractivity contribution in [1.82, 2.24) is 0 Å². The van der Waals surface area contributed by atoms with Crippen LogP contribution < -0.4 is 4.74 Å². The molecule has 1 aliphatic carbocycles. The van der Waals surface area contributed by atoms with Crippen LogP contribution in [0, 0.1) is 0 Å². The topological polar surface area (TPSA) is 46.5 Å². The van der Waals surface area contributed by atoms with Crippen LogP contribution in [0.5, 0.6) is 5.75 Å². The van der Waals surface area contributed by atoms with Gasteiger partial charge in [-0.15, -0.1) is 0 Å². The average molecular weight is 385 g/mol. The minimum Gasteiger partial charge on any atom is -0.478 e. The quantitative estimate of drug-likeness (QED) is 0.777. The van der Waals surface area contributed by atoms with Crippen molar-refractivity contribution in [3.05, 3.63) is 28.2 Å². The van der Waals surface area contributed by atoms with Crippen molar-refractivity contribution in [3.63, 3.8) is 0 Å². The van der Waals surface area contributed by atoms with Crippen LogP contribution in [-0.4, -0.2) is 25.3 Å². The molecule has 1 saturated carbocycles. The Morgan fingerprint density at radius 3 is 2.00 bits per heavy atom. The highest BCUT2D eigenvalue weighted by Crippen LogP contribution is 2.73. The van der Waals surface area contributed by atoms with Crippen molar-refractivity contribution < 1.29 is 14.6 Å². The number of carboxylic acid groups (broad SMARTS) is 1. The van der Waals surface area contributed by atoms with E-state index in [2.05, 4.69) is 0 Å². The zero-order chi connectivity index (χ0) is 14.6. The number of hydrogen-bond donors (Lipinski definition) is 1. The molecule has 0 atom stereocenters. The van der Waals surface area contributed by atoms with Crippen molar-refractivity contribution >= 4 is 75.6 Å². The molecule has 2 rings (SSSR count). The fourth-order valence-corrected chi connectivity index (χ4v) is 3.59. The first kappa shape index (κ1) is 15.6. The number of halogens is 6. The van der Waals surface area contributed by atoms with Gasteiger partial charge in [0.15, 0.2) is 0 Å². The molecule has 0 unspecified atom stereocenters. The number of ether oxygens (including phenoxy) is 1. The molecule has 1 aromatic carbocycles. The van der Waals surface area contributed by atoms with E-state index in [0.29, 0.717) is 5.02 Å². The molecule has 1 aliphatic rings. The van der Waals surface area contributed by atoms with Crippen LogP contribution >= 0.6 is 69.6 Å². The lowest BCUT2D eigenvalue weighted by Gasteiger charge is -2.17. The average Bonchev–Trinajstić information content (AvgIpc) is 2.60. The van der Waals surface area contributed by atoms with Crippen molar-refractivity contribution in [3.8, 4) is 5.75 Å². The standard InChI is InChI=1S/C10H4Cl6O3/c11-4-1-2-6(5(12)3-4)19-8(7(17)18)9(13,14)10(8,15)16/h1-3H,(H,17,18). The maximum Gasteiger partial charge on any atom is 0.354 e. The monoisotopic (exact) mass is 382 g/mol. The lowest BCUT2D eigenvalue weighted by atomic mass is 10.3. The van der Waals surface area contributed by atoms with Gasteiger partial charge in [0, 0.05) is 5.02 Å². The highest BCUT2D eigenvalue weighted by molar-refractivity contribution is 6.72. The van der Waals surface area contributed by atoms with Crippen LogP contribution in [0.1, 0.15) is 0 Å². The molecule has 0 radical (unpaired) electrons. The number of carboxylic acids is 1. The van der Waals surface area contributed by atoms with Gasteiger partial charge in [-0.25, -0.2) is 4.79 Å². The second-order valence-corrected chi connectivity index (χ2v) is 7.31. The van der Waals surface area contributed by atoms with E-state index in [1.54, 1.807) is 0 Å². The molecule has 0 bridgehead atoms. The normalized spacial score (nSPS) is 21.8. The Bertz CT molecular complexity index is 542. The molecule has 0 saturated heterocycles. The fraction of sp³-hybridized carbons (Fsp3) is 0.300. The summed E-state index contributed by atoms with van der Waals surface area (Å²) in [5.74, 6) is -1.50. The minimum absolute atomic E-state index is 0.00215. The second-order valence-electron chi connectivity index (χ2n) is 3.81. The zero-order valence-corrected chi connectivity index (χ0v) is 13.3. The molecule has 1 aromatic rings. The van der Waals surface area contributed by atoms with E-state index < -0.39 is 20.2 Å². The third-order valence-corrected chi connectivity index (χ3v) is 5.79. The summed E-state index contributed by atoms with van der Waals surface area (Å²) in [6, 6.07) is 4.18.